The topological polar surface area (TPSA) is 62.8 Å². The molecule has 0 spiro atoms. The largest absolute Gasteiger partial charge is 0.384 e. The molecule has 0 atom stereocenters. The molecule has 0 aliphatic carbocycles. The summed E-state index contributed by atoms with van der Waals surface area (Å²) < 4.78 is 0. The number of hydrogen-bond donors (Lipinski definition) is 2. The predicted octanol–water partition coefficient (Wildman–Crippen LogP) is 1.49. The molecule has 0 amide bonds. The van der Waals surface area contributed by atoms with E-state index in [-0.39, 0.29) is 5.84 Å². The highest BCUT2D eigenvalue weighted by Crippen LogP contribution is 2.13. The molecule has 12 heavy (non-hydrogen) atoms. The summed E-state index contributed by atoms with van der Waals surface area (Å²) in [5.41, 5.74) is 7.14. The van der Waals surface area contributed by atoms with Crippen LogP contribution in [0.5, 0.6) is 0 Å². The fourth-order valence-electron chi connectivity index (χ4n) is 0.921. The number of nitrogen functional groups attached to an aromatic ring is 1. The summed E-state index contributed by atoms with van der Waals surface area (Å²) in [6.45, 7) is 4.17. The van der Waals surface area contributed by atoms with E-state index in [0.717, 1.165) is 5.56 Å². The average Bonchev–Trinajstić information content (AvgIpc) is 2.04. The minimum absolute atomic E-state index is 0.0741. The molecule has 0 radical (unpaired) electrons. The summed E-state index contributed by atoms with van der Waals surface area (Å²) >= 11 is 0. The number of aromatic nitrogens is 1. The van der Waals surface area contributed by atoms with Gasteiger partial charge in [-0.25, -0.2) is 0 Å². The van der Waals surface area contributed by atoms with Crippen molar-refractivity contribution in [3.63, 3.8) is 0 Å². The molecule has 3 nitrogen and oxygen atoms in total. The second-order valence-electron chi connectivity index (χ2n) is 3.08. The molecule has 1 aromatic heterocycles. The standard InChI is InChI=1S/C9H13N3/c1-6(2)7-3-8(9(10)11)5-12-4-7/h3-6H,1-2H3,(H3,10,11). The Balaban J connectivity index is 3.04. The first-order chi connectivity index (χ1) is 5.61. The lowest BCUT2D eigenvalue weighted by Crippen LogP contribution is -2.11. The molecule has 0 fully saturated rings. The Labute approximate surface area is 72.1 Å². The zero-order valence-electron chi connectivity index (χ0n) is 7.33. The quantitative estimate of drug-likeness (QED) is 0.512. The van der Waals surface area contributed by atoms with Gasteiger partial charge in [0, 0.05) is 18.0 Å². The van der Waals surface area contributed by atoms with E-state index in [9.17, 15) is 0 Å². The zero-order valence-corrected chi connectivity index (χ0v) is 7.33. The summed E-state index contributed by atoms with van der Waals surface area (Å²) in [6, 6.07) is 1.90. The van der Waals surface area contributed by atoms with Crippen molar-refractivity contribution in [2.45, 2.75) is 19.8 Å². The van der Waals surface area contributed by atoms with Crippen molar-refractivity contribution in [1.29, 1.82) is 5.41 Å². The molecule has 0 aromatic carbocycles. The first-order valence-corrected chi connectivity index (χ1v) is 3.90. The van der Waals surface area contributed by atoms with Crippen LogP contribution in [0.25, 0.3) is 0 Å². The third-order valence-electron chi connectivity index (χ3n) is 1.74. The third kappa shape index (κ3) is 1.81. The monoisotopic (exact) mass is 163 g/mol. The number of rotatable bonds is 2. The van der Waals surface area contributed by atoms with Crippen molar-refractivity contribution in [2.75, 3.05) is 0 Å². The summed E-state index contributed by atoms with van der Waals surface area (Å²) in [6.07, 6.45) is 3.41. The van der Waals surface area contributed by atoms with Gasteiger partial charge >= 0.3 is 0 Å². The molecule has 3 heteroatoms. The molecule has 1 rings (SSSR count). The zero-order chi connectivity index (χ0) is 9.14. The first kappa shape index (κ1) is 8.71. The van der Waals surface area contributed by atoms with Crippen LogP contribution in [-0.2, 0) is 0 Å². The van der Waals surface area contributed by atoms with E-state index in [4.69, 9.17) is 11.1 Å². The maximum atomic E-state index is 7.21. The van der Waals surface area contributed by atoms with Crippen molar-refractivity contribution >= 4 is 5.84 Å². The smallest absolute Gasteiger partial charge is 0.124 e. The summed E-state index contributed by atoms with van der Waals surface area (Å²) in [5, 5.41) is 7.21. The van der Waals surface area contributed by atoms with Crippen LogP contribution in [0, 0.1) is 5.41 Å². The maximum Gasteiger partial charge on any atom is 0.124 e. The molecule has 0 aliphatic rings. The summed E-state index contributed by atoms with van der Waals surface area (Å²) in [4.78, 5) is 4.01. The Bertz CT molecular complexity index is 292. The van der Waals surface area contributed by atoms with Gasteiger partial charge in [0.1, 0.15) is 5.84 Å². The fourth-order valence-corrected chi connectivity index (χ4v) is 0.921. The number of amidine groups is 1. The van der Waals surface area contributed by atoms with E-state index in [2.05, 4.69) is 18.8 Å². The van der Waals surface area contributed by atoms with Crippen molar-refractivity contribution in [3.05, 3.63) is 29.6 Å². The highest BCUT2D eigenvalue weighted by atomic mass is 14.7. The second kappa shape index (κ2) is 3.34. The Morgan fingerprint density at radius 3 is 2.67 bits per heavy atom. The predicted molar refractivity (Wildman–Crippen MR) is 49.3 cm³/mol. The van der Waals surface area contributed by atoms with E-state index >= 15 is 0 Å². The number of nitrogens with one attached hydrogen (secondary N) is 1. The van der Waals surface area contributed by atoms with Gasteiger partial charge in [0.15, 0.2) is 0 Å². The molecule has 3 N–H and O–H groups in total. The summed E-state index contributed by atoms with van der Waals surface area (Å²) in [5.74, 6) is 0.502. The van der Waals surface area contributed by atoms with Gasteiger partial charge in [0.2, 0.25) is 0 Å². The van der Waals surface area contributed by atoms with Crippen molar-refractivity contribution < 1.29 is 0 Å². The minimum atomic E-state index is 0.0741. The summed E-state index contributed by atoms with van der Waals surface area (Å²) in [7, 11) is 0. The molecule has 0 bridgehead atoms. The number of nitrogens with two attached hydrogens (primary N) is 1. The van der Waals surface area contributed by atoms with E-state index in [0.29, 0.717) is 11.5 Å². The SMILES string of the molecule is CC(C)c1cncc(C(=N)N)c1. The molecule has 0 aliphatic heterocycles. The Hall–Kier alpha value is -1.38. The van der Waals surface area contributed by atoms with Crippen LogP contribution < -0.4 is 5.73 Å². The number of hydrogen-bond acceptors (Lipinski definition) is 2. The van der Waals surface area contributed by atoms with Crippen molar-refractivity contribution in [3.8, 4) is 0 Å². The van der Waals surface area contributed by atoms with Gasteiger partial charge in [-0.1, -0.05) is 13.8 Å². The number of pyridine rings is 1. The van der Waals surface area contributed by atoms with Crippen LogP contribution in [0.1, 0.15) is 30.9 Å². The van der Waals surface area contributed by atoms with Crippen LogP contribution in [0.15, 0.2) is 18.5 Å². The highest BCUT2D eigenvalue weighted by molar-refractivity contribution is 5.94. The molecular formula is C9H13N3. The molecule has 64 valence electrons. The van der Waals surface area contributed by atoms with Gasteiger partial charge in [-0.3, -0.25) is 10.4 Å². The molecule has 1 aromatic rings. The molecule has 1 heterocycles. The van der Waals surface area contributed by atoms with Gasteiger partial charge in [0.05, 0.1) is 0 Å². The maximum absolute atomic E-state index is 7.21. The highest BCUT2D eigenvalue weighted by Gasteiger charge is 2.02. The third-order valence-corrected chi connectivity index (χ3v) is 1.74. The fraction of sp³-hybridized carbons (Fsp3) is 0.333. The van der Waals surface area contributed by atoms with Gasteiger partial charge in [-0.05, 0) is 17.5 Å². The minimum Gasteiger partial charge on any atom is -0.384 e. The number of nitrogens with zero attached hydrogens (tertiary/aromatic N) is 1. The Kier molecular flexibility index (Phi) is 2.43. The lowest BCUT2D eigenvalue weighted by Gasteiger charge is -2.05. The second-order valence-corrected chi connectivity index (χ2v) is 3.08. The molecule has 0 unspecified atom stereocenters. The Morgan fingerprint density at radius 2 is 2.17 bits per heavy atom. The average molecular weight is 163 g/mol. The van der Waals surface area contributed by atoms with E-state index < -0.39 is 0 Å². The van der Waals surface area contributed by atoms with E-state index in [1.807, 2.05) is 6.07 Å². The molecule has 0 saturated carbocycles. The van der Waals surface area contributed by atoms with Crippen molar-refractivity contribution in [2.24, 2.45) is 5.73 Å². The Morgan fingerprint density at radius 1 is 1.50 bits per heavy atom. The lowest BCUT2D eigenvalue weighted by atomic mass is 10.0. The first-order valence-electron chi connectivity index (χ1n) is 3.90. The molecule has 0 saturated heterocycles. The van der Waals surface area contributed by atoms with Gasteiger partial charge in [-0.15, -0.1) is 0 Å². The van der Waals surface area contributed by atoms with Crippen LogP contribution in [0.2, 0.25) is 0 Å². The van der Waals surface area contributed by atoms with Gasteiger partial charge < -0.3 is 5.73 Å². The van der Waals surface area contributed by atoms with Gasteiger partial charge in [0.25, 0.3) is 0 Å². The van der Waals surface area contributed by atoms with Crippen LogP contribution in [-0.4, -0.2) is 10.8 Å². The van der Waals surface area contributed by atoms with Crippen LogP contribution >= 0.6 is 0 Å². The van der Waals surface area contributed by atoms with Gasteiger partial charge in [-0.2, -0.15) is 0 Å². The molecular weight excluding hydrogens is 150 g/mol. The normalized spacial score (nSPS) is 10.2. The van der Waals surface area contributed by atoms with Crippen LogP contribution in [0.4, 0.5) is 0 Å². The van der Waals surface area contributed by atoms with E-state index in [1.54, 1.807) is 12.4 Å². The van der Waals surface area contributed by atoms with Crippen molar-refractivity contribution in [1.82, 2.24) is 4.98 Å². The van der Waals surface area contributed by atoms with Crippen LogP contribution in [0.3, 0.4) is 0 Å². The lowest BCUT2D eigenvalue weighted by molar-refractivity contribution is 0.857. The van der Waals surface area contributed by atoms with E-state index in [1.165, 1.54) is 0 Å².